The summed E-state index contributed by atoms with van der Waals surface area (Å²) in [6.45, 7) is 0.992. The van der Waals surface area contributed by atoms with Gasteiger partial charge in [0.05, 0.1) is 4.90 Å². The van der Waals surface area contributed by atoms with Crippen molar-refractivity contribution in [2.24, 2.45) is 4.99 Å². The summed E-state index contributed by atoms with van der Waals surface area (Å²) in [6.07, 6.45) is 2.50. The molecule has 1 aromatic heterocycles. The Morgan fingerprint density at radius 3 is 2.56 bits per heavy atom. The Balaban J connectivity index is 1.96. The van der Waals surface area contributed by atoms with Gasteiger partial charge in [-0.05, 0) is 29.7 Å². The lowest BCUT2D eigenvalue weighted by Crippen LogP contribution is -2.38. The molecule has 0 amide bonds. The molecule has 0 atom stereocenters. The molecule has 0 saturated heterocycles. The minimum absolute atomic E-state index is 0.283. The molecule has 0 radical (unpaired) electrons. The molecule has 7 nitrogen and oxygen atoms in total. The molecular weight excluding hydrogens is 386 g/mol. The number of halogens is 1. The molecule has 0 aliphatic carbocycles. The molecule has 2 rings (SSSR count). The lowest BCUT2D eigenvalue weighted by molar-refractivity contribution is 0.519. The predicted molar refractivity (Wildman–Crippen MR) is 108 cm³/mol. The van der Waals surface area contributed by atoms with E-state index in [1.54, 1.807) is 37.5 Å². The largest absolute Gasteiger partial charge is 0.356 e. The maximum atomic E-state index is 12.5. The van der Waals surface area contributed by atoms with Gasteiger partial charge in [0.2, 0.25) is 10.0 Å². The van der Waals surface area contributed by atoms with E-state index < -0.39 is 10.0 Å². The molecule has 9 heteroatoms. The minimum Gasteiger partial charge on any atom is -0.356 e. The Labute approximate surface area is 165 Å². The maximum Gasteiger partial charge on any atom is 0.242 e. The van der Waals surface area contributed by atoms with Crippen molar-refractivity contribution in [2.75, 3.05) is 27.7 Å². The number of nitrogens with one attached hydrogen (secondary N) is 2. The van der Waals surface area contributed by atoms with E-state index in [4.69, 9.17) is 11.6 Å². The van der Waals surface area contributed by atoms with Crippen LogP contribution in [0.5, 0.6) is 0 Å². The number of aliphatic imine (C=N–C) groups is 1. The van der Waals surface area contributed by atoms with Gasteiger partial charge in [-0.2, -0.15) is 0 Å². The molecule has 27 heavy (non-hydrogen) atoms. The zero-order valence-electron chi connectivity index (χ0n) is 15.6. The van der Waals surface area contributed by atoms with E-state index in [1.807, 2.05) is 12.1 Å². The number of aromatic nitrogens is 1. The number of rotatable bonds is 7. The van der Waals surface area contributed by atoms with Gasteiger partial charge < -0.3 is 10.6 Å². The molecular formula is C18H24ClN5O2S. The van der Waals surface area contributed by atoms with Gasteiger partial charge in [0.1, 0.15) is 5.15 Å². The standard InChI is InChI=1S/C18H24ClN5O2S/c1-20-18(21-11-10-14-8-9-17(19)22-12-14)23-13-15-6-4-5-7-16(15)27(25,26)24(2)3/h4-9,12H,10-11,13H2,1-3H3,(H2,20,21,23). The van der Waals surface area contributed by atoms with Crippen molar-refractivity contribution in [3.63, 3.8) is 0 Å². The first kappa shape index (κ1) is 21.1. The average Bonchev–Trinajstić information content (AvgIpc) is 2.66. The second-order valence-corrected chi connectivity index (χ2v) is 8.49. The summed E-state index contributed by atoms with van der Waals surface area (Å²) in [5, 5.41) is 6.82. The van der Waals surface area contributed by atoms with Crippen LogP contribution in [0.2, 0.25) is 5.15 Å². The normalized spacial score (nSPS) is 12.3. The number of hydrogen-bond acceptors (Lipinski definition) is 4. The van der Waals surface area contributed by atoms with Crippen LogP contribution in [-0.2, 0) is 23.0 Å². The maximum absolute atomic E-state index is 12.5. The number of hydrogen-bond donors (Lipinski definition) is 2. The molecule has 0 aliphatic heterocycles. The Bertz CT molecular complexity index is 883. The Kier molecular flexibility index (Phi) is 7.58. The fourth-order valence-electron chi connectivity index (χ4n) is 2.38. The third-order valence-corrected chi connectivity index (χ3v) is 6.03. The molecule has 2 aromatic rings. The van der Waals surface area contributed by atoms with Crippen LogP contribution in [0.4, 0.5) is 0 Å². The summed E-state index contributed by atoms with van der Waals surface area (Å²) in [5.41, 5.74) is 1.74. The van der Waals surface area contributed by atoms with Crippen molar-refractivity contribution in [3.05, 3.63) is 58.9 Å². The number of nitrogens with zero attached hydrogens (tertiary/aromatic N) is 3. The number of benzene rings is 1. The van der Waals surface area contributed by atoms with Gasteiger partial charge in [-0.25, -0.2) is 17.7 Å². The van der Waals surface area contributed by atoms with E-state index >= 15 is 0 Å². The molecule has 0 aliphatic rings. The smallest absolute Gasteiger partial charge is 0.242 e. The van der Waals surface area contributed by atoms with Gasteiger partial charge in [-0.15, -0.1) is 0 Å². The van der Waals surface area contributed by atoms with Crippen molar-refractivity contribution >= 4 is 27.6 Å². The summed E-state index contributed by atoms with van der Waals surface area (Å²) in [7, 11) is 1.20. The Hall–Kier alpha value is -2.16. The quantitative estimate of drug-likeness (QED) is 0.414. The van der Waals surface area contributed by atoms with Gasteiger partial charge in [-0.1, -0.05) is 35.9 Å². The van der Waals surface area contributed by atoms with E-state index in [2.05, 4.69) is 20.6 Å². The molecule has 146 valence electrons. The van der Waals surface area contributed by atoms with Crippen LogP contribution in [-0.4, -0.2) is 51.4 Å². The second kappa shape index (κ2) is 9.68. The highest BCUT2D eigenvalue weighted by atomic mass is 35.5. The molecule has 1 aromatic carbocycles. The molecule has 0 fully saturated rings. The van der Waals surface area contributed by atoms with Crippen LogP contribution in [0.1, 0.15) is 11.1 Å². The van der Waals surface area contributed by atoms with Crippen molar-refractivity contribution in [2.45, 2.75) is 17.9 Å². The first-order valence-electron chi connectivity index (χ1n) is 8.40. The molecule has 0 unspecified atom stereocenters. The fraction of sp³-hybridized carbons (Fsp3) is 0.333. The number of pyridine rings is 1. The Morgan fingerprint density at radius 2 is 1.93 bits per heavy atom. The predicted octanol–water partition coefficient (Wildman–Crippen LogP) is 1.89. The van der Waals surface area contributed by atoms with Gasteiger partial charge in [-0.3, -0.25) is 4.99 Å². The van der Waals surface area contributed by atoms with Crippen LogP contribution in [0.3, 0.4) is 0 Å². The molecule has 0 bridgehead atoms. The fourth-order valence-corrected chi connectivity index (χ4v) is 3.60. The van der Waals surface area contributed by atoms with Crippen molar-refractivity contribution in [1.82, 2.24) is 19.9 Å². The average molecular weight is 410 g/mol. The van der Waals surface area contributed by atoms with Crippen molar-refractivity contribution in [1.29, 1.82) is 0 Å². The van der Waals surface area contributed by atoms with Gasteiger partial charge >= 0.3 is 0 Å². The summed E-state index contributed by atoms with van der Waals surface area (Å²) in [4.78, 5) is 8.51. The van der Waals surface area contributed by atoms with Crippen LogP contribution in [0, 0.1) is 0 Å². The van der Waals surface area contributed by atoms with Crippen LogP contribution >= 0.6 is 11.6 Å². The summed E-state index contributed by atoms with van der Waals surface area (Å²) >= 11 is 5.78. The molecule has 1 heterocycles. The van der Waals surface area contributed by atoms with Gasteiger partial charge in [0, 0.05) is 40.4 Å². The van der Waals surface area contributed by atoms with E-state index in [-0.39, 0.29) is 4.90 Å². The third-order valence-electron chi connectivity index (χ3n) is 3.90. The monoisotopic (exact) mass is 409 g/mol. The van der Waals surface area contributed by atoms with E-state index in [0.717, 1.165) is 12.0 Å². The van der Waals surface area contributed by atoms with Gasteiger partial charge in [0.25, 0.3) is 0 Å². The summed E-state index contributed by atoms with van der Waals surface area (Å²) in [6, 6.07) is 10.6. The molecule has 2 N–H and O–H groups in total. The van der Waals surface area contributed by atoms with Crippen LogP contribution in [0.15, 0.2) is 52.5 Å². The minimum atomic E-state index is -3.50. The highest BCUT2D eigenvalue weighted by molar-refractivity contribution is 7.89. The lowest BCUT2D eigenvalue weighted by atomic mass is 10.2. The molecule has 0 saturated carbocycles. The van der Waals surface area contributed by atoms with Crippen molar-refractivity contribution in [3.8, 4) is 0 Å². The van der Waals surface area contributed by atoms with E-state index in [1.165, 1.54) is 18.4 Å². The first-order chi connectivity index (χ1) is 12.8. The highest BCUT2D eigenvalue weighted by Gasteiger charge is 2.20. The van der Waals surface area contributed by atoms with Crippen molar-refractivity contribution < 1.29 is 8.42 Å². The van der Waals surface area contributed by atoms with Crippen LogP contribution < -0.4 is 10.6 Å². The van der Waals surface area contributed by atoms with E-state index in [0.29, 0.717) is 29.8 Å². The first-order valence-corrected chi connectivity index (χ1v) is 10.2. The zero-order valence-corrected chi connectivity index (χ0v) is 17.2. The summed E-state index contributed by atoms with van der Waals surface area (Å²) in [5.74, 6) is 0.592. The highest BCUT2D eigenvalue weighted by Crippen LogP contribution is 2.18. The SMILES string of the molecule is CN=C(NCCc1ccc(Cl)nc1)NCc1ccccc1S(=O)(=O)N(C)C. The van der Waals surface area contributed by atoms with Crippen LogP contribution in [0.25, 0.3) is 0 Å². The third kappa shape index (κ3) is 5.92. The zero-order chi connectivity index (χ0) is 19.9. The Morgan fingerprint density at radius 1 is 1.19 bits per heavy atom. The van der Waals surface area contributed by atoms with Gasteiger partial charge in [0.15, 0.2) is 5.96 Å². The van der Waals surface area contributed by atoms with E-state index in [9.17, 15) is 8.42 Å². The number of guanidine groups is 1. The lowest BCUT2D eigenvalue weighted by Gasteiger charge is -2.17. The molecule has 0 spiro atoms. The number of sulfonamides is 1. The second-order valence-electron chi connectivity index (χ2n) is 5.99. The summed E-state index contributed by atoms with van der Waals surface area (Å²) < 4.78 is 26.1. The topological polar surface area (TPSA) is 86.7 Å².